The minimum atomic E-state index is 0.359. The Morgan fingerprint density at radius 3 is 2.75 bits per heavy atom. The standard InChI is InChI=1S/C10H22N2/c1-8(7-11)6-10(3)5-4-9(2)12-10/h8-9,12H,4-7,11H2,1-3H3. The fraction of sp³-hybridized carbons (Fsp3) is 1.00. The Bertz CT molecular complexity index is 147. The lowest BCUT2D eigenvalue weighted by Gasteiger charge is -2.28. The minimum absolute atomic E-state index is 0.359. The summed E-state index contributed by atoms with van der Waals surface area (Å²) in [6.07, 6.45) is 3.83. The number of nitrogens with two attached hydrogens (primary N) is 1. The zero-order valence-corrected chi connectivity index (χ0v) is 8.56. The Morgan fingerprint density at radius 2 is 2.33 bits per heavy atom. The van der Waals surface area contributed by atoms with Gasteiger partial charge in [0, 0.05) is 11.6 Å². The fourth-order valence-corrected chi connectivity index (χ4v) is 2.29. The molecule has 72 valence electrons. The third-order valence-corrected chi connectivity index (χ3v) is 2.93. The molecule has 1 fully saturated rings. The first kappa shape index (κ1) is 10.0. The second-order valence-corrected chi connectivity index (χ2v) is 4.69. The maximum Gasteiger partial charge on any atom is 0.0159 e. The van der Waals surface area contributed by atoms with Crippen molar-refractivity contribution in [3.63, 3.8) is 0 Å². The predicted octanol–water partition coefficient (Wildman–Crippen LogP) is 1.50. The summed E-state index contributed by atoms with van der Waals surface area (Å²) in [6.45, 7) is 7.63. The van der Waals surface area contributed by atoms with Gasteiger partial charge in [0.1, 0.15) is 0 Å². The summed E-state index contributed by atoms with van der Waals surface area (Å²) in [5, 5.41) is 3.64. The predicted molar refractivity (Wildman–Crippen MR) is 53.1 cm³/mol. The summed E-state index contributed by atoms with van der Waals surface area (Å²) in [4.78, 5) is 0. The molecule has 3 N–H and O–H groups in total. The molecule has 12 heavy (non-hydrogen) atoms. The highest BCUT2D eigenvalue weighted by atomic mass is 15.0. The highest BCUT2D eigenvalue weighted by molar-refractivity contribution is 4.93. The van der Waals surface area contributed by atoms with Gasteiger partial charge in [0.05, 0.1) is 0 Å². The Balaban J connectivity index is 2.39. The van der Waals surface area contributed by atoms with E-state index in [1.807, 2.05) is 0 Å². The van der Waals surface area contributed by atoms with E-state index in [1.54, 1.807) is 0 Å². The third kappa shape index (κ3) is 2.46. The van der Waals surface area contributed by atoms with Crippen molar-refractivity contribution in [1.29, 1.82) is 0 Å². The first-order chi connectivity index (χ1) is 5.56. The fourth-order valence-electron chi connectivity index (χ4n) is 2.29. The largest absolute Gasteiger partial charge is 0.330 e. The maximum atomic E-state index is 5.62. The van der Waals surface area contributed by atoms with E-state index in [9.17, 15) is 0 Å². The summed E-state index contributed by atoms with van der Waals surface area (Å²) in [5.41, 5.74) is 5.98. The number of hydrogen-bond donors (Lipinski definition) is 2. The second-order valence-electron chi connectivity index (χ2n) is 4.69. The van der Waals surface area contributed by atoms with Gasteiger partial charge in [-0.3, -0.25) is 0 Å². The quantitative estimate of drug-likeness (QED) is 0.673. The van der Waals surface area contributed by atoms with Crippen molar-refractivity contribution >= 4 is 0 Å². The molecular weight excluding hydrogens is 148 g/mol. The second kappa shape index (κ2) is 3.75. The minimum Gasteiger partial charge on any atom is -0.330 e. The van der Waals surface area contributed by atoms with Crippen LogP contribution in [0.2, 0.25) is 0 Å². The molecule has 0 saturated carbocycles. The van der Waals surface area contributed by atoms with Crippen LogP contribution in [0, 0.1) is 5.92 Å². The van der Waals surface area contributed by atoms with Gasteiger partial charge in [0.15, 0.2) is 0 Å². The SMILES string of the molecule is CC(CN)CC1(C)CCC(C)N1. The van der Waals surface area contributed by atoms with Crippen LogP contribution in [-0.2, 0) is 0 Å². The average Bonchev–Trinajstić information content (AvgIpc) is 2.30. The molecule has 1 aliphatic heterocycles. The van der Waals surface area contributed by atoms with Gasteiger partial charge in [-0.1, -0.05) is 6.92 Å². The van der Waals surface area contributed by atoms with Gasteiger partial charge >= 0.3 is 0 Å². The molecule has 2 nitrogen and oxygen atoms in total. The summed E-state index contributed by atoms with van der Waals surface area (Å²) >= 11 is 0. The van der Waals surface area contributed by atoms with Gasteiger partial charge in [-0.2, -0.15) is 0 Å². The molecule has 1 saturated heterocycles. The van der Waals surface area contributed by atoms with Crippen molar-refractivity contribution in [3.05, 3.63) is 0 Å². The van der Waals surface area contributed by atoms with Crippen LogP contribution in [-0.4, -0.2) is 18.1 Å². The van der Waals surface area contributed by atoms with E-state index < -0.39 is 0 Å². The van der Waals surface area contributed by atoms with Crippen LogP contribution in [0.4, 0.5) is 0 Å². The van der Waals surface area contributed by atoms with Gasteiger partial charge in [-0.05, 0) is 45.6 Å². The lowest BCUT2D eigenvalue weighted by molar-refractivity contribution is 0.314. The summed E-state index contributed by atoms with van der Waals surface area (Å²) < 4.78 is 0. The molecule has 0 aliphatic carbocycles. The maximum absolute atomic E-state index is 5.62. The van der Waals surface area contributed by atoms with Crippen molar-refractivity contribution in [2.24, 2.45) is 11.7 Å². The van der Waals surface area contributed by atoms with Crippen LogP contribution >= 0.6 is 0 Å². The molecule has 1 aliphatic rings. The van der Waals surface area contributed by atoms with Gasteiger partial charge < -0.3 is 11.1 Å². The van der Waals surface area contributed by atoms with Gasteiger partial charge in [-0.15, -0.1) is 0 Å². The first-order valence-corrected chi connectivity index (χ1v) is 5.03. The Morgan fingerprint density at radius 1 is 1.67 bits per heavy atom. The zero-order valence-electron chi connectivity index (χ0n) is 8.56. The molecule has 0 spiro atoms. The van der Waals surface area contributed by atoms with Crippen LogP contribution in [0.3, 0.4) is 0 Å². The van der Waals surface area contributed by atoms with Crippen molar-refractivity contribution in [2.45, 2.75) is 51.6 Å². The van der Waals surface area contributed by atoms with Crippen LogP contribution in [0.5, 0.6) is 0 Å². The molecule has 0 bridgehead atoms. The number of hydrogen-bond acceptors (Lipinski definition) is 2. The summed E-state index contributed by atoms with van der Waals surface area (Å²) in [6, 6.07) is 0.694. The molecule has 1 rings (SSSR count). The molecule has 0 amide bonds. The highest BCUT2D eigenvalue weighted by Gasteiger charge is 2.32. The van der Waals surface area contributed by atoms with E-state index in [4.69, 9.17) is 5.73 Å². The highest BCUT2D eigenvalue weighted by Crippen LogP contribution is 2.28. The van der Waals surface area contributed by atoms with Crippen LogP contribution in [0.15, 0.2) is 0 Å². The summed E-state index contributed by atoms with van der Waals surface area (Å²) in [5.74, 6) is 0.646. The van der Waals surface area contributed by atoms with Crippen LogP contribution in [0.1, 0.15) is 40.0 Å². The molecule has 0 radical (unpaired) electrons. The topological polar surface area (TPSA) is 38.0 Å². The smallest absolute Gasteiger partial charge is 0.0159 e. The zero-order chi connectivity index (χ0) is 9.19. The summed E-state index contributed by atoms with van der Waals surface area (Å²) in [7, 11) is 0. The van der Waals surface area contributed by atoms with Crippen LogP contribution < -0.4 is 11.1 Å². The Kier molecular flexibility index (Phi) is 3.13. The van der Waals surface area contributed by atoms with E-state index in [2.05, 4.69) is 26.1 Å². The van der Waals surface area contributed by atoms with E-state index in [-0.39, 0.29) is 0 Å². The molecule has 3 unspecified atom stereocenters. The van der Waals surface area contributed by atoms with Crippen molar-refractivity contribution in [3.8, 4) is 0 Å². The Hall–Kier alpha value is -0.0800. The average molecular weight is 170 g/mol. The molecule has 0 aromatic rings. The van der Waals surface area contributed by atoms with E-state index in [0.717, 1.165) is 6.54 Å². The molecule has 1 heterocycles. The molecule has 2 heteroatoms. The van der Waals surface area contributed by atoms with E-state index in [1.165, 1.54) is 19.3 Å². The number of nitrogens with one attached hydrogen (secondary N) is 1. The van der Waals surface area contributed by atoms with E-state index in [0.29, 0.717) is 17.5 Å². The van der Waals surface area contributed by atoms with Gasteiger partial charge in [0.2, 0.25) is 0 Å². The lowest BCUT2D eigenvalue weighted by atomic mass is 9.89. The van der Waals surface area contributed by atoms with Gasteiger partial charge in [0.25, 0.3) is 0 Å². The first-order valence-electron chi connectivity index (χ1n) is 5.03. The molecule has 3 atom stereocenters. The molecule has 0 aromatic carbocycles. The van der Waals surface area contributed by atoms with Gasteiger partial charge in [-0.25, -0.2) is 0 Å². The van der Waals surface area contributed by atoms with Crippen molar-refractivity contribution in [1.82, 2.24) is 5.32 Å². The molecular formula is C10H22N2. The lowest BCUT2D eigenvalue weighted by Crippen LogP contribution is -2.41. The molecule has 0 aromatic heterocycles. The monoisotopic (exact) mass is 170 g/mol. The Labute approximate surface area is 75.9 Å². The van der Waals surface area contributed by atoms with Crippen molar-refractivity contribution in [2.75, 3.05) is 6.54 Å². The van der Waals surface area contributed by atoms with E-state index >= 15 is 0 Å². The normalized spacial score (nSPS) is 38.5. The number of rotatable bonds is 3. The van der Waals surface area contributed by atoms with Crippen molar-refractivity contribution < 1.29 is 0 Å². The third-order valence-electron chi connectivity index (χ3n) is 2.93. The van der Waals surface area contributed by atoms with Crippen LogP contribution in [0.25, 0.3) is 0 Å².